The summed E-state index contributed by atoms with van der Waals surface area (Å²) in [5, 5.41) is 2.13. The summed E-state index contributed by atoms with van der Waals surface area (Å²) in [5.74, 6) is 0.388. The van der Waals surface area contributed by atoms with E-state index in [9.17, 15) is 0 Å². The smallest absolute Gasteiger partial charge is 0.0946 e. The quantitative estimate of drug-likeness (QED) is 0.518. The summed E-state index contributed by atoms with van der Waals surface area (Å²) in [5.41, 5.74) is 2.37. The van der Waals surface area contributed by atoms with Gasteiger partial charge < -0.3 is 4.57 Å². The Balaban J connectivity index is 1.79. The number of imidazole rings is 1. The van der Waals surface area contributed by atoms with Crippen LogP contribution in [0.5, 0.6) is 0 Å². The Kier molecular flexibility index (Phi) is 5.83. The predicted octanol–water partition coefficient (Wildman–Crippen LogP) is 5.94. The van der Waals surface area contributed by atoms with Crippen LogP contribution in [0.3, 0.4) is 0 Å². The number of benzene rings is 2. The maximum Gasteiger partial charge on any atom is 0.0946 e. The van der Waals surface area contributed by atoms with Crippen molar-refractivity contribution in [1.82, 2.24) is 9.55 Å². The Bertz CT molecular complexity index is 783. The summed E-state index contributed by atoms with van der Waals surface area (Å²) < 4.78 is 2.10. The zero-order valence-corrected chi connectivity index (χ0v) is 15.3. The molecule has 1 aromatic heterocycles. The van der Waals surface area contributed by atoms with Gasteiger partial charge in [0.2, 0.25) is 0 Å². The molecule has 3 rings (SSSR count). The van der Waals surface area contributed by atoms with Crippen molar-refractivity contribution in [3.63, 3.8) is 0 Å². The van der Waals surface area contributed by atoms with Gasteiger partial charge in [0.15, 0.2) is 0 Å². The molecular weight excluding hydrogens is 363 g/mol. The number of halogens is 3. The van der Waals surface area contributed by atoms with Crippen molar-refractivity contribution in [1.29, 1.82) is 0 Å². The van der Waals surface area contributed by atoms with Crippen LogP contribution in [0.25, 0.3) is 0 Å². The van der Waals surface area contributed by atoms with Gasteiger partial charge >= 0.3 is 0 Å². The summed E-state index contributed by atoms with van der Waals surface area (Å²) in [7, 11) is 0. The minimum atomic E-state index is 0.388. The molecule has 0 fully saturated rings. The van der Waals surface area contributed by atoms with E-state index in [1.165, 1.54) is 5.56 Å². The van der Waals surface area contributed by atoms with Crippen LogP contribution >= 0.6 is 34.8 Å². The first kappa shape index (κ1) is 17.3. The zero-order chi connectivity index (χ0) is 16.9. The summed E-state index contributed by atoms with van der Waals surface area (Å²) in [6.07, 6.45) is 7.44. The van der Waals surface area contributed by atoms with Gasteiger partial charge in [-0.15, -0.1) is 0 Å². The second kappa shape index (κ2) is 8.06. The van der Waals surface area contributed by atoms with E-state index in [1.807, 2.05) is 36.8 Å². The minimum Gasteiger partial charge on any atom is -0.337 e. The highest BCUT2D eigenvalue weighted by Gasteiger charge is 2.14. The fourth-order valence-electron chi connectivity index (χ4n) is 2.85. The van der Waals surface area contributed by atoms with Crippen LogP contribution < -0.4 is 0 Å². The number of hydrogen-bond acceptors (Lipinski definition) is 1. The Hall–Kier alpha value is -1.48. The molecule has 2 aromatic carbocycles. The lowest BCUT2D eigenvalue weighted by atomic mass is 9.92. The highest BCUT2D eigenvalue weighted by atomic mass is 35.5. The molecule has 5 heteroatoms. The van der Waals surface area contributed by atoms with Gasteiger partial charge in [-0.3, -0.25) is 0 Å². The second-order valence-electron chi connectivity index (χ2n) is 5.90. The first-order valence-corrected chi connectivity index (χ1v) is 8.87. The van der Waals surface area contributed by atoms with E-state index in [2.05, 4.69) is 21.7 Å². The average molecular weight is 380 g/mol. The molecule has 124 valence electrons. The molecule has 0 spiro atoms. The Morgan fingerprint density at radius 1 is 0.917 bits per heavy atom. The maximum atomic E-state index is 6.36. The fraction of sp³-hybridized carbons (Fsp3) is 0.211. The number of hydrogen-bond donors (Lipinski definition) is 0. The normalized spacial score (nSPS) is 12.3. The first-order chi connectivity index (χ1) is 11.6. The highest BCUT2D eigenvalue weighted by molar-refractivity contribution is 6.35. The van der Waals surface area contributed by atoms with Crippen LogP contribution in [0.2, 0.25) is 15.1 Å². The molecule has 0 aliphatic heterocycles. The van der Waals surface area contributed by atoms with E-state index in [0.717, 1.165) is 30.0 Å². The van der Waals surface area contributed by atoms with Crippen LogP contribution in [0.4, 0.5) is 0 Å². The van der Waals surface area contributed by atoms with E-state index < -0.39 is 0 Å². The molecule has 1 atom stereocenters. The van der Waals surface area contributed by atoms with Gasteiger partial charge in [-0.2, -0.15) is 0 Å². The van der Waals surface area contributed by atoms with Crippen molar-refractivity contribution in [2.24, 2.45) is 5.92 Å². The van der Waals surface area contributed by atoms with Crippen LogP contribution in [-0.4, -0.2) is 9.55 Å². The molecular formula is C19H17Cl3N2. The van der Waals surface area contributed by atoms with Crippen LogP contribution in [0.15, 0.2) is 61.2 Å². The van der Waals surface area contributed by atoms with Crippen LogP contribution in [-0.2, 0) is 19.4 Å². The van der Waals surface area contributed by atoms with Gasteiger partial charge in [-0.05, 0) is 54.2 Å². The molecule has 0 bridgehead atoms. The maximum absolute atomic E-state index is 6.36. The first-order valence-electron chi connectivity index (χ1n) is 7.74. The summed E-state index contributed by atoms with van der Waals surface area (Å²) >= 11 is 18.3. The molecule has 0 aliphatic rings. The molecule has 0 saturated carbocycles. The van der Waals surface area contributed by atoms with Crippen LogP contribution in [0, 0.1) is 5.92 Å². The van der Waals surface area contributed by atoms with Crippen molar-refractivity contribution in [3.05, 3.63) is 87.4 Å². The van der Waals surface area contributed by atoms with Crippen molar-refractivity contribution in [2.45, 2.75) is 19.4 Å². The summed E-state index contributed by atoms with van der Waals surface area (Å²) in [4.78, 5) is 4.13. The second-order valence-corrected chi connectivity index (χ2v) is 7.18. The topological polar surface area (TPSA) is 17.8 Å². The van der Waals surface area contributed by atoms with Gasteiger partial charge in [0.1, 0.15) is 0 Å². The lowest BCUT2D eigenvalue weighted by Crippen LogP contribution is -2.15. The third-order valence-corrected chi connectivity index (χ3v) is 4.83. The summed E-state index contributed by atoms with van der Waals surface area (Å²) in [6.45, 7) is 0.877. The highest BCUT2D eigenvalue weighted by Crippen LogP contribution is 2.26. The van der Waals surface area contributed by atoms with E-state index in [0.29, 0.717) is 16.0 Å². The van der Waals surface area contributed by atoms with Crippen LogP contribution in [0.1, 0.15) is 11.1 Å². The minimum absolute atomic E-state index is 0.388. The molecule has 0 amide bonds. The van der Waals surface area contributed by atoms with E-state index in [4.69, 9.17) is 34.8 Å². The molecule has 0 N–H and O–H groups in total. The Labute approximate surface area is 157 Å². The monoisotopic (exact) mass is 378 g/mol. The standard InChI is InChI=1S/C19H17Cl3N2/c20-17-4-1-14(2-5-17)9-15(12-24-8-7-23-13-24)10-16-3-6-18(21)11-19(16)22/h1-8,11,13,15H,9-10,12H2. The average Bonchev–Trinajstić information content (AvgIpc) is 3.05. The number of nitrogens with zero attached hydrogens (tertiary/aromatic N) is 2. The van der Waals surface area contributed by atoms with Gasteiger partial charge in [-0.25, -0.2) is 4.98 Å². The largest absolute Gasteiger partial charge is 0.337 e. The van der Waals surface area contributed by atoms with Crippen molar-refractivity contribution in [2.75, 3.05) is 0 Å². The molecule has 2 nitrogen and oxygen atoms in total. The molecule has 3 aromatic rings. The SMILES string of the molecule is Clc1ccc(CC(Cc2ccc(Cl)cc2Cl)Cn2ccnc2)cc1. The number of aromatic nitrogens is 2. The Morgan fingerprint density at radius 2 is 1.67 bits per heavy atom. The van der Waals surface area contributed by atoms with E-state index >= 15 is 0 Å². The van der Waals surface area contributed by atoms with Gasteiger partial charge in [0.25, 0.3) is 0 Å². The molecule has 0 radical (unpaired) electrons. The third kappa shape index (κ3) is 4.76. The molecule has 1 heterocycles. The predicted molar refractivity (Wildman–Crippen MR) is 101 cm³/mol. The molecule has 1 unspecified atom stereocenters. The zero-order valence-electron chi connectivity index (χ0n) is 13.0. The van der Waals surface area contributed by atoms with Crippen molar-refractivity contribution in [3.8, 4) is 0 Å². The van der Waals surface area contributed by atoms with E-state index in [1.54, 1.807) is 12.3 Å². The Morgan fingerprint density at radius 3 is 2.33 bits per heavy atom. The molecule has 0 saturated heterocycles. The van der Waals surface area contributed by atoms with Gasteiger partial charge in [0, 0.05) is 34.0 Å². The number of rotatable bonds is 6. The van der Waals surface area contributed by atoms with Crippen molar-refractivity contribution >= 4 is 34.8 Å². The molecule has 0 aliphatic carbocycles. The third-order valence-electron chi connectivity index (χ3n) is 3.99. The van der Waals surface area contributed by atoms with Gasteiger partial charge in [0.05, 0.1) is 6.33 Å². The van der Waals surface area contributed by atoms with Crippen molar-refractivity contribution < 1.29 is 0 Å². The summed E-state index contributed by atoms with van der Waals surface area (Å²) in [6, 6.07) is 13.7. The lowest BCUT2D eigenvalue weighted by Gasteiger charge is -2.19. The lowest BCUT2D eigenvalue weighted by molar-refractivity contribution is 0.438. The molecule has 24 heavy (non-hydrogen) atoms. The fourth-order valence-corrected chi connectivity index (χ4v) is 3.46. The van der Waals surface area contributed by atoms with Gasteiger partial charge in [-0.1, -0.05) is 53.0 Å². The van der Waals surface area contributed by atoms with E-state index in [-0.39, 0.29) is 0 Å².